The molecule has 0 N–H and O–H groups in total. The number of benzene rings is 1. The zero-order chi connectivity index (χ0) is 14.6. The minimum absolute atomic E-state index is 0.0649. The summed E-state index contributed by atoms with van der Waals surface area (Å²) in [7, 11) is -1.69. The van der Waals surface area contributed by atoms with Gasteiger partial charge in [0.05, 0.1) is 5.76 Å². The molecule has 0 aliphatic rings. The maximum absolute atomic E-state index is 12.0. The Hall–Kier alpha value is -1.35. The summed E-state index contributed by atoms with van der Waals surface area (Å²) in [6.07, 6.45) is 0. The molecule has 1 aromatic rings. The predicted octanol–water partition coefficient (Wildman–Crippen LogP) is 4.50. The Balaban J connectivity index is 3.14. The van der Waals surface area contributed by atoms with Crippen LogP contribution >= 0.6 is 0 Å². The van der Waals surface area contributed by atoms with Crippen molar-refractivity contribution in [2.45, 2.75) is 46.3 Å². The lowest BCUT2D eigenvalue weighted by atomic mass is 9.90. The molecule has 1 atom stereocenters. The van der Waals surface area contributed by atoms with Crippen molar-refractivity contribution < 1.29 is 9.22 Å². The summed E-state index contributed by atoms with van der Waals surface area (Å²) < 4.78 is 6.00. The van der Waals surface area contributed by atoms with Gasteiger partial charge in [0.2, 0.25) is 8.32 Å². The summed E-state index contributed by atoms with van der Waals surface area (Å²) in [6.45, 7) is 12.0. The summed E-state index contributed by atoms with van der Waals surface area (Å²) in [5, 5.41) is 0. The SMILES string of the molecule is CC(=O)/C(=C(/C)O[Si](C)(C)C)C(C)c1ccccc1. The first-order valence-electron chi connectivity index (χ1n) is 6.68. The lowest BCUT2D eigenvalue weighted by molar-refractivity contribution is -0.114. The van der Waals surface area contributed by atoms with Gasteiger partial charge in [-0.1, -0.05) is 37.3 Å². The average molecular weight is 276 g/mol. The van der Waals surface area contributed by atoms with Gasteiger partial charge in [-0.05, 0) is 39.1 Å². The molecule has 0 aromatic heterocycles. The molecular weight excluding hydrogens is 252 g/mol. The molecule has 3 heteroatoms. The third-order valence-corrected chi connectivity index (χ3v) is 3.87. The highest BCUT2D eigenvalue weighted by molar-refractivity contribution is 6.70. The Bertz CT molecular complexity index is 469. The molecular formula is C16H24O2Si. The minimum Gasteiger partial charge on any atom is -0.547 e. The molecule has 1 unspecified atom stereocenters. The molecule has 1 aromatic carbocycles. The molecule has 0 fully saturated rings. The second-order valence-electron chi connectivity index (χ2n) is 5.87. The minimum atomic E-state index is -1.69. The Kier molecular flexibility index (Phi) is 5.12. The van der Waals surface area contributed by atoms with Gasteiger partial charge in [-0.2, -0.15) is 0 Å². The van der Waals surface area contributed by atoms with E-state index >= 15 is 0 Å². The molecule has 0 amide bonds. The van der Waals surface area contributed by atoms with E-state index in [1.54, 1.807) is 6.92 Å². The van der Waals surface area contributed by atoms with E-state index in [1.807, 2.05) is 25.1 Å². The van der Waals surface area contributed by atoms with Crippen molar-refractivity contribution >= 4 is 14.1 Å². The van der Waals surface area contributed by atoms with Crippen molar-refractivity contribution in [1.29, 1.82) is 0 Å². The highest BCUT2D eigenvalue weighted by Crippen LogP contribution is 2.28. The molecule has 0 saturated heterocycles. The lowest BCUT2D eigenvalue weighted by Crippen LogP contribution is -2.26. The van der Waals surface area contributed by atoms with Crippen LogP contribution in [-0.4, -0.2) is 14.1 Å². The fourth-order valence-electron chi connectivity index (χ4n) is 2.28. The molecule has 0 heterocycles. The van der Waals surface area contributed by atoms with Crippen molar-refractivity contribution in [2.75, 3.05) is 0 Å². The lowest BCUT2D eigenvalue weighted by Gasteiger charge is -2.24. The second kappa shape index (κ2) is 6.20. The van der Waals surface area contributed by atoms with Crippen molar-refractivity contribution in [3.63, 3.8) is 0 Å². The number of ketones is 1. The third-order valence-electron chi connectivity index (χ3n) is 2.95. The van der Waals surface area contributed by atoms with Crippen LogP contribution in [-0.2, 0) is 9.22 Å². The number of carbonyl (C=O) groups is 1. The standard InChI is InChI=1S/C16H24O2Si/c1-12(15-10-8-7-9-11-15)16(13(2)17)14(3)18-19(4,5)6/h7-12H,1-6H3/b16-14-. The largest absolute Gasteiger partial charge is 0.547 e. The number of hydrogen-bond acceptors (Lipinski definition) is 2. The van der Waals surface area contributed by atoms with Gasteiger partial charge in [0.1, 0.15) is 0 Å². The summed E-state index contributed by atoms with van der Waals surface area (Å²) in [6, 6.07) is 10.1. The summed E-state index contributed by atoms with van der Waals surface area (Å²) >= 11 is 0. The number of Topliss-reactive ketones (excluding diaryl/α,β-unsaturated/α-hetero) is 1. The molecule has 0 saturated carbocycles. The van der Waals surface area contributed by atoms with Crippen LogP contribution in [0.25, 0.3) is 0 Å². The predicted molar refractivity (Wildman–Crippen MR) is 82.7 cm³/mol. The normalized spacial score (nSPS) is 14.6. The average Bonchev–Trinajstić information content (AvgIpc) is 2.27. The highest BCUT2D eigenvalue weighted by Gasteiger charge is 2.23. The Morgan fingerprint density at radius 2 is 1.63 bits per heavy atom. The summed E-state index contributed by atoms with van der Waals surface area (Å²) in [5.41, 5.74) is 1.93. The van der Waals surface area contributed by atoms with Gasteiger partial charge in [0.15, 0.2) is 5.78 Å². The molecule has 0 spiro atoms. The van der Waals surface area contributed by atoms with E-state index in [0.717, 1.165) is 16.9 Å². The van der Waals surface area contributed by atoms with Crippen LogP contribution in [0.4, 0.5) is 0 Å². The van der Waals surface area contributed by atoms with Crippen molar-refractivity contribution in [1.82, 2.24) is 0 Å². The third kappa shape index (κ3) is 4.67. The zero-order valence-electron chi connectivity index (χ0n) is 12.8. The van der Waals surface area contributed by atoms with E-state index in [4.69, 9.17) is 4.43 Å². The zero-order valence-corrected chi connectivity index (χ0v) is 13.8. The fourth-order valence-corrected chi connectivity index (χ4v) is 3.31. The molecule has 1 rings (SSSR count). The van der Waals surface area contributed by atoms with E-state index in [0.29, 0.717) is 0 Å². The smallest absolute Gasteiger partial charge is 0.241 e. The molecule has 0 radical (unpaired) electrons. The number of rotatable bonds is 5. The van der Waals surface area contributed by atoms with Crippen LogP contribution < -0.4 is 0 Å². The van der Waals surface area contributed by atoms with Crippen LogP contribution in [0.2, 0.25) is 19.6 Å². The van der Waals surface area contributed by atoms with E-state index < -0.39 is 8.32 Å². The van der Waals surface area contributed by atoms with Gasteiger partial charge in [0, 0.05) is 11.5 Å². The van der Waals surface area contributed by atoms with Gasteiger partial charge in [-0.15, -0.1) is 0 Å². The first kappa shape index (κ1) is 15.7. The van der Waals surface area contributed by atoms with Crippen LogP contribution in [0.5, 0.6) is 0 Å². The molecule has 2 nitrogen and oxygen atoms in total. The van der Waals surface area contributed by atoms with E-state index in [-0.39, 0.29) is 11.7 Å². The number of carbonyl (C=O) groups excluding carboxylic acids is 1. The van der Waals surface area contributed by atoms with Crippen LogP contribution in [0, 0.1) is 0 Å². The maximum atomic E-state index is 12.0. The first-order valence-corrected chi connectivity index (χ1v) is 10.1. The molecule has 0 aliphatic carbocycles. The van der Waals surface area contributed by atoms with Crippen molar-refractivity contribution in [3.05, 3.63) is 47.2 Å². The molecule has 104 valence electrons. The second-order valence-corrected chi connectivity index (χ2v) is 10.3. The van der Waals surface area contributed by atoms with Gasteiger partial charge in [-0.25, -0.2) is 0 Å². The van der Waals surface area contributed by atoms with Gasteiger partial charge < -0.3 is 4.43 Å². The fraction of sp³-hybridized carbons (Fsp3) is 0.438. The number of hydrogen-bond donors (Lipinski definition) is 0. The first-order chi connectivity index (χ1) is 8.72. The molecule has 0 aliphatic heterocycles. The Morgan fingerprint density at radius 3 is 2.05 bits per heavy atom. The quantitative estimate of drug-likeness (QED) is 0.449. The maximum Gasteiger partial charge on any atom is 0.241 e. The molecule has 0 bridgehead atoms. The van der Waals surface area contributed by atoms with Gasteiger partial charge in [0.25, 0.3) is 0 Å². The van der Waals surface area contributed by atoms with E-state index in [9.17, 15) is 4.79 Å². The summed E-state index contributed by atoms with van der Waals surface area (Å²) in [5.74, 6) is 0.935. The number of allylic oxidation sites excluding steroid dienone is 2. The van der Waals surface area contributed by atoms with Crippen LogP contribution in [0.1, 0.15) is 32.3 Å². The van der Waals surface area contributed by atoms with E-state index in [2.05, 4.69) is 38.7 Å². The molecule has 19 heavy (non-hydrogen) atoms. The highest BCUT2D eigenvalue weighted by atomic mass is 28.4. The van der Waals surface area contributed by atoms with Gasteiger partial charge >= 0.3 is 0 Å². The monoisotopic (exact) mass is 276 g/mol. The van der Waals surface area contributed by atoms with Gasteiger partial charge in [-0.3, -0.25) is 4.79 Å². The summed E-state index contributed by atoms with van der Waals surface area (Å²) in [4.78, 5) is 12.0. The topological polar surface area (TPSA) is 26.3 Å². The van der Waals surface area contributed by atoms with Crippen LogP contribution in [0.3, 0.4) is 0 Å². The Morgan fingerprint density at radius 1 is 1.11 bits per heavy atom. The van der Waals surface area contributed by atoms with Crippen molar-refractivity contribution in [3.8, 4) is 0 Å². The van der Waals surface area contributed by atoms with E-state index in [1.165, 1.54) is 0 Å². The Labute approximate surface area is 117 Å². The van der Waals surface area contributed by atoms with Crippen molar-refractivity contribution in [2.24, 2.45) is 0 Å². The van der Waals surface area contributed by atoms with Crippen LogP contribution in [0.15, 0.2) is 41.7 Å².